The number of nitrogens with one attached hydrogen (secondary N) is 1. The van der Waals surface area contributed by atoms with Gasteiger partial charge in [-0.2, -0.15) is 0 Å². The van der Waals surface area contributed by atoms with Gasteiger partial charge in [0.1, 0.15) is 11.2 Å². The SMILES string of the molecule is COC(=O)c1ccc(SCc2ccccc2)nc1C1=NC(C)(C(C)C)C(=O)N1. The molecular weight excluding hydrogens is 374 g/mol. The molecule has 1 aromatic heterocycles. The Kier molecular flexibility index (Phi) is 5.84. The van der Waals surface area contributed by atoms with Crippen molar-refractivity contribution in [3.05, 3.63) is 59.3 Å². The molecule has 28 heavy (non-hydrogen) atoms. The number of hydrogen-bond donors (Lipinski definition) is 1. The highest BCUT2D eigenvalue weighted by molar-refractivity contribution is 7.98. The highest BCUT2D eigenvalue weighted by Gasteiger charge is 2.43. The summed E-state index contributed by atoms with van der Waals surface area (Å²) in [4.78, 5) is 33.9. The number of nitrogens with zero attached hydrogens (tertiary/aromatic N) is 2. The molecule has 0 saturated heterocycles. The van der Waals surface area contributed by atoms with E-state index < -0.39 is 11.5 Å². The van der Waals surface area contributed by atoms with Crippen molar-refractivity contribution in [3.63, 3.8) is 0 Å². The van der Waals surface area contributed by atoms with E-state index in [1.807, 2.05) is 44.2 Å². The zero-order valence-electron chi connectivity index (χ0n) is 16.4. The number of amides is 1. The largest absolute Gasteiger partial charge is 0.465 e. The number of aliphatic imine (C=N–C) groups is 1. The molecule has 0 spiro atoms. The number of carbonyl (C=O) groups is 2. The summed E-state index contributed by atoms with van der Waals surface area (Å²) < 4.78 is 4.88. The first-order chi connectivity index (χ1) is 13.3. The van der Waals surface area contributed by atoms with Crippen molar-refractivity contribution in [1.29, 1.82) is 0 Å². The summed E-state index contributed by atoms with van der Waals surface area (Å²) in [6, 6.07) is 13.5. The predicted molar refractivity (Wildman–Crippen MR) is 110 cm³/mol. The fraction of sp³-hybridized carbons (Fsp3) is 0.333. The number of thioether (sulfide) groups is 1. The van der Waals surface area contributed by atoms with Crippen LogP contribution in [0.3, 0.4) is 0 Å². The van der Waals surface area contributed by atoms with Gasteiger partial charge in [-0.1, -0.05) is 44.2 Å². The third kappa shape index (κ3) is 3.94. The molecule has 7 heteroatoms. The number of hydrogen-bond acceptors (Lipinski definition) is 6. The number of benzene rings is 1. The van der Waals surface area contributed by atoms with Gasteiger partial charge in [-0.3, -0.25) is 4.79 Å². The molecule has 1 aromatic carbocycles. The molecule has 1 unspecified atom stereocenters. The van der Waals surface area contributed by atoms with Gasteiger partial charge in [0.2, 0.25) is 0 Å². The number of methoxy groups -OCH3 is 1. The van der Waals surface area contributed by atoms with Crippen LogP contribution in [-0.2, 0) is 15.3 Å². The molecule has 0 bridgehead atoms. The minimum atomic E-state index is -0.891. The lowest BCUT2D eigenvalue weighted by Crippen LogP contribution is -2.41. The van der Waals surface area contributed by atoms with Gasteiger partial charge < -0.3 is 10.1 Å². The first kappa shape index (κ1) is 20.1. The lowest BCUT2D eigenvalue weighted by atomic mass is 9.89. The average Bonchev–Trinajstić information content (AvgIpc) is 3.02. The first-order valence-electron chi connectivity index (χ1n) is 9.03. The number of ether oxygens (including phenoxy) is 1. The van der Waals surface area contributed by atoms with Crippen LogP contribution in [0.5, 0.6) is 0 Å². The van der Waals surface area contributed by atoms with Gasteiger partial charge in [0.05, 0.1) is 17.7 Å². The molecule has 3 rings (SSSR count). The van der Waals surface area contributed by atoms with Crippen LogP contribution in [0, 0.1) is 5.92 Å². The molecule has 0 aliphatic carbocycles. The second kappa shape index (κ2) is 8.14. The lowest BCUT2D eigenvalue weighted by Gasteiger charge is -2.21. The van der Waals surface area contributed by atoms with Crippen molar-refractivity contribution in [2.24, 2.45) is 10.9 Å². The van der Waals surface area contributed by atoms with Crippen molar-refractivity contribution in [2.45, 2.75) is 37.1 Å². The van der Waals surface area contributed by atoms with E-state index in [4.69, 9.17) is 4.74 Å². The Hall–Kier alpha value is -2.67. The van der Waals surface area contributed by atoms with E-state index in [0.29, 0.717) is 11.5 Å². The van der Waals surface area contributed by atoms with Crippen LogP contribution in [0.1, 0.15) is 42.4 Å². The predicted octanol–water partition coefficient (Wildman–Crippen LogP) is 3.45. The summed E-state index contributed by atoms with van der Waals surface area (Å²) >= 11 is 1.55. The zero-order chi connectivity index (χ0) is 20.3. The van der Waals surface area contributed by atoms with Crippen LogP contribution in [-0.4, -0.2) is 35.3 Å². The van der Waals surface area contributed by atoms with Gasteiger partial charge in [-0.15, -0.1) is 11.8 Å². The molecule has 2 aromatic rings. The fourth-order valence-electron chi connectivity index (χ4n) is 2.76. The normalized spacial score (nSPS) is 18.8. The van der Waals surface area contributed by atoms with Gasteiger partial charge in [0.15, 0.2) is 5.84 Å². The maximum absolute atomic E-state index is 12.5. The summed E-state index contributed by atoms with van der Waals surface area (Å²) in [5.74, 6) is 0.341. The molecule has 1 aliphatic heterocycles. The quantitative estimate of drug-likeness (QED) is 0.596. The Bertz CT molecular complexity index is 928. The molecule has 0 saturated carbocycles. The Morgan fingerprint density at radius 2 is 1.93 bits per heavy atom. The first-order valence-corrected chi connectivity index (χ1v) is 10.0. The smallest absolute Gasteiger partial charge is 0.340 e. The molecule has 1 atom stereocenters. The summed E-state index contributed by atoms with van der Waals surface area (Å²) in [7, 11) is 1.32. The highest BCUT2D eigenvalue weighted by Crippen LogP contribution is 2.29. The Morgan fingerprint density at radius 3 is 2.54 bits per heavy atom. The molecule has 0 fully saturated rings. The van der Waals surface area contributed by atoms with E-state index in [1.165, 1.54) is 12.7 Å². The Morgan fingerprint density at radius 1 is 1.21 bits per heavy atom. The van der Waals surface area contributed by atoms with Gasteiger partial charge in [0.25, 0.3) is 5.91 Å². The summed E-state index contributed by atoms with van der Waals surface area (Å²) in [6.45, 7) is 5.66. The maximum atomic E-state index is 12.5. The second-order valence-electron chi connectivity index (χ2n) is 7.03. The van der Waals surface area contributed by atoms with E-state index in [9.17, 15) is 9.59 Å². The lowest BCUT2D eigenvalue weighted by molar-refractivity contribution is -0.124. The van der Waals surface area contributed by atoms with Crippen molar-refractivity contribution < 1.29 is 14.3 Å². The molecule has 6 nitrogen and oxygen atoms in total. The van der Waals surface area contributed by atoms with Gasteiger partial charge >= 0.3 is 5.97 Å². The van der Waals surface area contributed by atoms with E-state index in [0.717, 1.165) is 10.8 Å². The number of rotatable bonds is 6. The highest BCUT2D eigenvalue weighted by atomic mass is 32.2. The molecule has 1 N–H and O–H groups in total. The van der Waals surface area contributed by atoms with Crippen molar-refractivity contribution in [2.75, 3.05) is 7.11 Å². The maximum Gasteiger partial charge on any atom is 0.340 e. The molecule has 2 heterocycles. The summed E-state index contributed by atoms with van der Waals surface area (Å²) in [5, 5.41) is 3.53. The molecule has 1 aliphatic rings. The Balaban J connectivity index is 1.96. The van der Waals surface area contributed by atoms with E-state index in [-0.39, 0.29) is 17.4 Å². The summed E-state index contributed by atoms with van der Waals surface area (Å²) in [6.07, 6.45) is 0. The van der Waals surface area contributed by atoms with Crippen LogP contribution in [0.4, 0.5) is 0 Å². The third-order valence-corrected chi connectivity index (χ3v) is 5.89. The number of aromatic nitrogens is 1. The minimum Gasteiger partial charge on any atom is -0.465 e. The second-order valence-corrected chi connectivity index (χ2v) is 8.02. The topological polar surface area (TPSA) is 80.7 Å². The van der Waals surface area contributed by atoms with Crippen LogP contribution in [0.25, 0.3) is 0 Å². The van der Waals surface area contributed by atoms with E-state index in [2.05, 4.69) is 15.3 Å². The van der Waals surface area contributed by atoms with Crippen molar-refractivity contribution in [3.8, 4) is 0 Å². The monoisotopic (exact) mass is 397 g/mol. The number of carbonyl (C=O) groups excluding carboxylic acids is 2. The van der Waals surface area contributed by atoms with Gasteiger partial charge in [-0.25, -0.2) is 14.8 Å². The van der Waals surface area contributed by atoms with E-state index in [1.54, 1.807) is 30.8 Å². The van der Waals surface area contributed by atoms with Crippen LogP contribution < -0.4 is 5.32 Å². The molecule has 146 valence electrons. The fourth-order valence-corrected chi connectivity index (χ4v) is 3.58. The Labute approximate surface area is 168 Å². The number of amidine groups is 1. The molecule has 0 radical (unpaired) electrons. The average molecular weight is 398 g/mol. The molecular formula is C21H23N3O3S. The summed E-state index contributed by atoms with van der Waals surface area (Å²) in [5.41, 5.74) is 0.894. The van der Waals surface area contributed by atoms with Crippen LogP contribution in [0.15, 0.2) is 52.5 Å². The van der Waals surface area contributed by atoms with E-state index >= 15 is 0 Å². The number of pyridine rings is 1. The van der Waals surface area contributed by atoms with Gasteiger partial charge in [-0.05, 0) is 30.5 Å². The standard InChI is InChI=1S/C21H23N3O3S/c1-13(2)21(3)20(26)23-18(24-21)17-15(19(25)27-4)10-11-16(22-17)28-12-14-8-6-5-7-9-14/h5-11,13H,12H2,1-4H3,(H,23,24,26). The number of esters is 1. The zero-order valence-corrected chi connectivity index (χ0v) is 17.2. The van der Waals surface area contributed by atoms with Gasteiger partial charge in [0, 0.05) is 5.75 Å². The van der Waals surface area contributed by atoms with Crippen LogP contribution >= 0.6 is 11.8 Å². The van der Waals surface area contributed by atoms with Crippen LogP contribution in [0.2, 0.25) is 0 Å². The third-order valence-electron chi connectivity index (χ3n) is 4.89. The molecule has 1 amide bonds. The minimum absolute atomic E-state index is 0.00205. The van der Waals surface area contributed by atoms with Crippen molar-refractivity contribution >= 4 is 29.5 Å². The van der Waals surface area contributed by atoms with Crippen molar-refractivity contribution in [1.82, 2.24) is 10.3 Å².